The van der Waals surface area contributed by atoms with Gasteiger partial charge in [-0.05, 0) is 42.5 Å². The van der Waals surface area contributed by atoms with Gasteiger partial charge in [-0.15, -0.1) is 0 Å². The number of fused-ring (bicyclic) bond motifs is 3. The molecule has 0 saturated heterocycles. The number of anilines is 2. The van der Waals surface area contributed by atoms with Gasteiger partial charge in [-0.1, -0.05) is 18.2 Å². The van der Waals surface area contributed by atoms with Gasteiger partial charge in [-0.3, -0.25) is 0 Å². The minimum Gasteiger partial charge on any atom is -0.345 e. The molecule has 2 aliphatic heterocycles. The molecule has 0 bridgehead atoms. The summed E-state index contributed by atoms with van der Waals surface area (Å²) >= 11 is 0. The molecule has 0 aliphatic carbocycles. The third-order valence-corrected chi connectivity index (χ3v) is 4.18. The van der Waals surface area contributed by atoms with Gasteiger partial charge in [0.1, 0.15) is 5.82 Å². The Hall–Kier alpha value is -2.81. The summed E-state index contributed by atoms with van der Waals surface area (Å²) in [6.45, 7) is 0. The van der Waals surface area contributed by atoms with E-state index in [1.54, 1.807) is 0 Å². The van der Waals surface area contributed by atoms with E-state index < -0.39 is 0 Å². The Labute approximate surface area is 129 Å². The number of hydrogen-bond donors (Lipinski definition) is 0. The molecular formula is C19H17N3. The fraction of sp³-hybridized carbons (Fsp3) is 0.105. The minimum absolute atomic E-state index is 1.03. The molecule has 3 heteroatoms. The lowest BCUT2D eigenvalue weighted by Gasteiger charge is -2.19. The van der Waals surface area contributed by atoms with Crippen molar-refractivity contribution in [3.63, 3.8) is 0 Å². The van der Waals surface area contributed by atoms with Gasteiger partial charge in [-0.25, -0.2) is 4.98 Å². The maximum absolute atomic E-state index is 4.79. The highest BCUT2D eigenvalue weighted by molar-refractivity contribution is 5.98. The third kappa shape index (κ3) is 1.94. The number of benzene rings is 2. The third-order valence-electron chi connectivity index (χ3n) is 4.18. The molecule has 0 radical (unpaired) electrons. The lowest BCUT2D eigenvalue weighted by Crippen LogP contribution is -2.08. The first-order chi connectivity index (χ1) is 10.7. The van der Waals surface area contributed by atoms with E-state index >= 15 is 0 Å². The average molecular weight is 287 g/mol. The molecule has 0 N–H and O–H groups in total. The van der Waals surface area contributed by atoms with Gasteiger partial charge < -0.3 is 9.47 Å². The standard InChI is InChI=1S/C19H17N3/c1-21-12-6-9-17-16-11-10-15(13-18(16)20-19(17)21)22(2)14-7-4-3-5-8-14/h3-13H,1-2H3. The molecule has 22 heavy (non-hydrogen) atoms. The summed E-state index contributed by atoms with van der Waals surface area (Å²) in [7, 11) is 4.12. The molecular weight excluding hydrogens is 270 g/mol. The van der Waals surface area contributed by atoms with Crippen LogP contribution in [0, 0.1) is 0 Å². The Balaban J connectivity index is 1.86. The van der Waals surface area contributed by atoms with Gasteiger partial charge in [0.15, 0.2) is 0 Å². The van der Waals surface area contributed by atoms with Crippen molar-refractivity contribution in [3.05, 3.63) is 66.9 Å². The normalized spacial score (nSPS) is 11.2. The van der Waals surface area contributed by atoms with E-state index in [1.165, 1.54) is 16.6 Å². The zero-order valence-corrected chi connectivity index (χ0v) is 12.7. The van der Waals surface area contributed by atoms with Crippen LogP contribution in [0.5, 0.6) is 0 Å². The quantitative estimate of drug-likeness (QED) is 0.543. The molecule has 0 atom stereocenters. The topological polar surface area (TPSA) is 21.1 Å². The zero-order chi connectivity index (χ0) is 15.1. The molecule has 2 aromatic carbocycles. The Morgan fingerprint density at radius 3 is 2.55 bits per heavy atom. The molecule has 2 aromatic rings. The monoisotopic (exact) mass is 287 g/mol. The predicted molar refractivity (Wildman–Crippen MR) is 91.8 cm³/mol. The first kappa shape index (κ1) is 12.9. The molecule has 3 nitrogen and oxygen atoms in total. The van der Waals surface area contributed by atoms with Gasteiger partial charge >= 0.3 is 0 Å². The molecule has 4 rings (SSSR count). The number of para-hydroxylation sites is 1. The first-order valence-electron chi connectivity index (χ1n) is 7.37. The van der Waals surface area contributed by atoms with Gasteiger partial charge in [-0.2, -0.15) is 0 Å². The average Bonchev–Trinajstić information content (AvgIpc) is 2.94. The maximum atomic E-state index is 4.79. The van der Waals surface area contributed by atoms with Crippen LogP contribution >= 0.6 is 0 Å². The SMILES string of the molecule is CN(c1ccccc1)c1ccc2c3cccn(C)c-3nc2c1. The summed E-state index contributed by atoms with van der Waals surface area (Å²) in [4.78, 5) is 6.97. The zero-order valence-electron chi connectivity index (χ0n) is 12.7. The van der Waals surface area contributed by atoms with Crippen LogP contribution in [0.1, 0.15) is 0 Å². The molecule has 108 valence electrons. The maximum Gasteiger partial charge on any atom is 0.140 e. The van der Waals surface area contributed by atoms with Crippen molar-refractivity contribution < 1.29 is 0 Å². The number of aryl methyl sites for hydroxylation is 1. The van der Waals surface area contributed by atoms with Crippen molar-refractivity contribution >= 4 is 22.3 Å². The van der Waals surface area contributed by atoms with Crippen molar-refractivity contribution in [2.24, 2.45) is 7.05 Å². The molecule has 0 saturated carbocycles. The van der Waals surface area contributed by atoms with E-state index in [4.69, 9.17) is 4.98 Å². The molecule has 2 heterocycles. The predicted octanol–water partition coefficient (Wildman–Crippen LogP) is 4.45. The lowest BCUT2D eigenvalue weighted by atomic mass is 10.1. The molecule has 0 aromatic heterocycles. The van der Waals surface area contributed by atoms with Crippen LogP contribution in [0.15, 0.2) is 66.9 Å². The summed E-state index contributed by atoms with van der Waals surface area (Å²) in [6.07, 6.45) is 2.03. The number of nitrogens with zero attached hydrogens (tertiary/aromatic N) is 3. The largest absolute Gasteiger partial charge is 0.345 e. The molecule has 0 amide bonds. The number of rotatable bonds is 2. The van der Waals surface area contributed by atoms with Crippen LogP contribution in [0.2, 0.25) is 0 Å². The summed E-state index contributed by atoms with van der Waals surface area (Å²) in [5.41, 5.74) is 4.55. The van der Waals surface area contributed by atoms with Crippen molar-refractivity contribution in [2.75, 3.05) is 11.9 Å². The second kappa shape index (κ2) is 4.88. The fourth-order valence-corrected chi connectivity index (χ4v) is 2.92. The van der Waals surface area contributed by atoms with Gasteiger partial charge in [0.05, 0.1) is 5.52 Å². The molecule has 0 unspecified atom stereocenters. The Bertz CT molecular complexity index is 909. The van der Waals surface area contributed by atoms with Crippen LogP contribution in [-0.4, -0.2) is 16.6 Å². The van der Waals surface area contributed by atoms with Crippen molar-refractivity contribution in [1.29, 1.82) is 0 Å². The van der Waals surface area contributed by atoms with E-state index in [-0.39, 0.29) is 0 Å². The summed E-state index contributed by atoms with van der Waals surface area (Å²) < 4.78 is 2.07. The van der Waals surface area contributed by atoms with E-state index in [0.29, 0.717) is 0 Å². The highest BCUT2D eigenvalue weighted by atomic mass is 15.1. The smallest absolute Gasteiger partial charge is 0.140 e. The Kier molecular flexibility index (Phi) is 2.86. The van der Waals surface area contributed by atoms with E-state index in [9.17, 15) is 0 Å². The van der Waals surface area contributed by atoms with Crippen LogP contribution in [0.4, 0.5) is 11.4 Å². The number of hydrogen-bond acceptors (Lipinski definition) is 2. The molecule has 0 fully saturated rings. The van der Waals surface area contributed by atoms with Crippen molar-refractivity contribution in [1.82, 2.24) is 9.55 Å². The highest BCUT2D eigenvalue weighted by Crippen LogP contribution is 2.33. The second-order valence-electron chi connectivity index (χ2n) is 5.56. The Morgan fingerprint density at radius 2 is 1.73 bits per heavy atom. The lowest BCUT2D eigenvalue weighted by molar-refractivity contribution is 0.893. The van der Waals surface area contributed by atoms with Crippen molar-refractivity contribution in [2.45, 2.75) is 0 Å². The van der Waals surface area contributed by atoms with Crippen LogP contribution < -0.4 is 4.90 Å². The van der Waals surface area contributed by atoms with E-state index in [1.807, 2.05) is 19.3 Å². The Morgan fingerprint density at radius 1 is 0.909 bits per heavy atom. The molecule has 2 aliphatic rings. The first-order valence-corrected chi connectivity index (χ1v) is 7.37. The van der Waals surface area contributed by atoms with Crippen LogP contribution in [0.3, 0.4) is 0 Å². The summed E-state index contributed by atoms with van der Waals surface area (Å²) in [5.74, 6) is 1.03. The van der Waals surface area contributed by atoms with Gasteiger partial charge in [0.25, 0.3) is 0 Å². The van der Waals surface area contributed by atoms with Crippen LogP contribution in [-0.2, 0) is 7.05 Å². The van der Waals surface area contributed by atoms with Gasteiger partial charge in [0, 0.05) is 42.6 Å². The van der Waals surface area contributed by atoms with E-state index in [0.717, 1.165) is 17.0 Å². The number of aromatic nitrogens is 2. The van der Waals surface area contributed by atoms with Crippen molar-refractivity contribution in [3.8, 4) is 11.4 Å². The highest BCUT2D eigenvalue weighted by Gasteiger charge is 2.14. The number of pyridine rings is 1. The molecule has 0 spiro atoms. The van der Waals surface area contributed by atoms with E-state index in [2.05, 4.69) is 71.1 Å². The van der Waals surface area contributed by atoms with Crippen LogP contribution in [0.25, 0.3) is 22.3 Å². The summed E-state index contributed by atoms with van der Waals surface area (Å²) in [5, 5.41) is 1.21. The summed E-state index contributed by atoms with van der Waals surface area (Å²) in [6, 6.07) is 21.0. The second-order valence-corrected chi connectivity index (χ2v) is 5.56. The fourth-order valence-electron chi connectivity index (χ4n) is 2.92. The minimum atomic E-state index is 1.03. The van der Waals surface area contributed by atoms with Gasteiger partial charge in [0.2, 0.25) is 0 Å².